The Morgan fingerprint density at radius 2 is 1.51 bits per heavy atom. The Kier molecular flexibility index (Phi) is 11.4. The number of sulfonamides is 1. The van der Waals surface area contributed by atoms with E-state index in [-0.39, 0.29) is 29.1 Å². The van der Waals surface area contributed by atoms with Crippen LogP contribution in [0.25, 0.3) is 0 Å². The zero-order valence-corrected chi connectivity index (χ0v) is 28.2. The summed E-state index contributed by atoms with van der Waals surface area (Å²) >= 11 is 3.47. The zero-order valence-electron chi connectivity index (χ0n) is 25.8. The van der Waals surface area contributed by atoms with Crippen molar-refractivity contribution < 1.29 is 22.7 Å². The minimum Gasteiger partial charge on any atom is -0.457 e. The number of hydrogen-bond donors (Lipinski definition) is 1. The van der Waals surface area contributed by atoms with Crippen molar-refractivity contribution in [2.24, 2.45) is 0 Å². The van der Waals surface area contributed by atoms with Gasteiger partial charge < -0.3 is 15.0 Å². The number of halogens is 1. The van der Waals surface area contributed by atoms with E-state index in [1.54, 1.807) is 43.3 Å². The molecule has 2 atom stereocenters. The van der Waals surface area contributed by atoms with Gasteiger partial charge in [0.05, 0.1) is 10.6 Å². The van der Waals surface area contributed by atoms with Crippen molar-refractivity contribution in [1.82, 2.24) is 10.2 Å². The fourth-order valence-corrected chi connectivity index (χ4v) is 6.41. The van der Waals surface area contributed by atoms with Crippen LogP contribution in [0.4, 0.5) is 5.69 Å². The van der Waals surface area contributed by atoms with Gasteiger partial charge in [-0.2, -0.15) is 0 Å². The van der Waals surface area contributed by atoms with E-state index >= 15 is 0 Å². The molecule has 0 radical (unpaired) electrons. The molecule has 0 aromatic heterocycles. The first-order valence-corrected chi connectivity index (χ1v) is 17.0. The Bertz CT molecular complexity index is 1700. The SMILES string of the molecule is CC[C@H](C)NC(=O)[C@H](C)N(Cc1cccc(Br)c1)C(=O)CN(c1ccc(Oc2ccccc2)cc1)S(=O)(=O)c1ccc(C)cc1. The van der Waals surface area contributed by atoms with E-state index in [2.05, 4.69) is 21.2 Å². The summed E-state index contributed by atoms with van der Waals surface area (Å²) in [5, 5.41) is 2.95. The van der Waals surface area contributed by atoms with E-state index in [0.717, 1.165) is 26.3 Å². The van der Waals surface area contributed by atoms with E-state index in [1.165, 1.54) is 17.0 Å². The van der Waals surface area contributed by atoms with Crippen molar-refractivity contribution in [3.05, 3.63) is 119 Å². The van der Waals surface area contributed by atoms with Crippen LogP contribution in [0, 0.1) is 6.92 Å². The van der Waals surface area contributed by atoms with E-state index in [9.17, 15) is 18.0 Å². The van der Waals surface area contributed by atoms with E-state index in [0.29, 0.717) is 11.5 Å². The van der Waals surface area contributed by atoms with Crippen LogP contribution in [0.5, 0.6) is 11.5 Å². The molecule has 0 heterocycles. The lowest BCUT2D eigenvalue weighted by Gasteiger charge is -2.32. The van der Waals surface area contributed by atoms with Crippen LogP contribution < -0.4 is 14.4 Å². The van der Waals surface area contributed by atoms with Gasteiger partial charge in [0, 0.05) is 17.1 Å². The molecule has 1 N–H and O–H groups in total. The van der Waals surface area contributed by atoms with Gasteiger partial charge in [-0.1, -0.05) is 70.9 Å². The average Bonchev–Trinajstić information content (AvgIpc) is 3.03. The molecule has 0 saturated carbocycles. The third-order valence-electron chi connectivity index (χ3n) is 7.40. The number of anilines is 1. The van der Waals surface area contributed by atoms with Crippen molar-refractivity contribution in [2.75, 3.05) is 10.8 Å². The molecule has 236 valence electrons. The van der Waals surface area contributed by atoms with Crippen LogP contribution in [0.1, 0.15) is 38.3 Å². The fraction of sp³-hybridized carbons (Fsp3) is 0.257. The maximum Gasteiger partial charge on any atom is 0.264 e. The molecule has 0 unspecified atom stereocenters. The van der Waals surface area contributed by atoms with Gasteiger partial charge in [0.1, 0.15) is 24.1 Å². The third kappa shape index (κ3) is 8.95. The molecule has 45 heavy (non-hydrogen) atoms. The number of rotatable bonds is 13. The summed E-state index contributed by atoms with van der Waals surface area (Å²) in [6.45, 7) is 6.97. The minimum absolute atomic E-state index is 0.0478. The first kappa shape index (κ1) is 33.7. The van der Waals surface area contributed by atoms with Crippen LogP contribution >= 0.6 is 15.9 Å². The Morgan fingerprint density at radius 1 is 0.867 bits per heavy atom. The lowest BCUT2D eigenvalue weighted by molar-refractivity contribution is -0.139. The number of amides is 2. The quantitative estimate of drug-likeness (QED) is 0.162. The standard InChI is InChI=1S/C35H38BrN3O5S/c1-5-26(3)37-35(41)27(4)38(23-28-10-9-11-29(36)22-28)34(40)24-39(45(42,43)33-20-14-25(2)15-21-33)30-16-18-32(19-17-30)44-31-12-7-6-8-13-31/h6-22,26-27H,5,23-24H2,1-4H3,(H,37,41)/t26-,27-/m0/s1. The number of benzene rings is 4. The van der Waals surface area contributed by atoms with Gasteiger partial charge in [-0.15, -0.1) is 0 Å². The first-order valence-electron chi connectivity index (χ1n) is 14.7. The van der Waals surface area contributed by atoms with Crippen LogP contribution in [0.2, 0.25) is 0 Å². The third-order valence-corrected chi connectivity index (χ3v) is 9.68. The Morgan fingerprint density at radius 3 is 2.13 bits per heavy atom. The molecule has 8 nitrogen and oxygen atoms in total. The normalized spacial score (nSPS) is 12.6. The Balaban J connectivity index is 1.70. The molecule has 2 amide bonds. The number of carbonyl (C=O) groups is 2. The van der Waals surface area contributed by atoms with Gasteiger partial charge in [-0.05, 0) is 93.4 Å². The van der Waals surface area contributed by atoms with E-state index < -0.39 is 28.5 Å². The molecule has 0 bridgehead atoms. The molecule has 0 fully saturated rings. The molecule has 0 spiro atoms. The van der Waals surface area contributed by atoms with Gasteiger partial charge in [-0.3, -0.25) is 13.9 Å². The van der Waals surface area contributed by atoms with Crippen molar-refractivity contribution in [2.45, 2.75) is 57.6 Å². The summed E-state index contributed by atoms with van der Waals surface area (Å²) in [6, 6.07) is 28.7. The number of hydrogen-bond acceptors (Lipinski definition) is 5. The number of aryl methyl sites for hydroxylation is 1. The summed E-state index contributed by atoms with van der Waals surface area (Å²) in [4.78, 5) is 28.9. The van der Waals surface area contributed by atoms with Crippen molar-refractivity contribution >= 4 is 43.5 Å². The second kappa shape index (κ2) is 15.2. The van der Waals surface area contributed by atoms with Crippen LogP contribution in [0.3, 0.4) is 0 Å². The molecule has 4 aromatic carbocycles. The molecular weight excluding hydrogens is 654 g/mol. The smallest absolute Gasteiger partial charge is 0.264 e. The number of carbonyl (C=O) groups excluding carboxylic acids is 2. The predicted octanol–water partition coefficient (Wildman–Crippen LogP) is 7.08. The topological polar surface area (TPSA) is 96.0 Å². The molecule has 0 saturated heterocycles. The molecule has 4 rings (SSSR count). The highest BCUT2D eigenvalue weighted by molar-refractivity contribution is 9.10. The Labute approximate surface area is 274 Å². The molecule has 0 aliphatic rings. The number of nitrogens with zero attached hydrogens (tertiary/aromatic N) is 2. The predicted molar refractivity (Wildman–Crippen MR) is 181 cm³/mol. The first-order chi connectivity index (χ1) is 21.5. The second-order valence-corrected chi connectivity index (χ2v) is 13.7. The lowest BCUT2D eigenvalue weighted by atomic mass is 10.1. The highest BCUT2D eigenvalue weighted by Gasteiger charge is 2.33. The monoisotopic (exact) mass is 691 g/mol. The van der Waals surface area contributed by atoms with Gasteiger partial charge in [0.25, 0.3) is 10.0 Å². The number of ether oxygens (including phenoxy) is 1. The summed E-state index contributed by atoms with van der Waals surface area (Å²) in [5.74, 6) is 0.304. The van der Waals surface area contributed by atoms with Gasteiger partial charge in [0.15, 0.2) is 0 Å². The second-order valence-electron chi connectivity index (χ2n) is 10.9. The highest BCUT2D eigenvalue weighted by atomic mass is 79.9. The van der Waals surface area contributed by atoms with Gasteiger partial charge in [-0.25, -0.2) is 8.42 Å². The van der Waals surface area contributed by atoms with E-state index in [1.807, 2.05) is 75.4 Å². The van der Waals surface area contributed by atoms with Gasteiger partial charge in [0.2, 0.25) is 11.8 Å². The van der Waals surface area contributed by atoms with Crippen LogP contribution in [-0.4, -0.2) is 43.8 Å². The van der Waals surface area contributed by atoms with Crippen LogP contribution in [0.15, 0.2) is 112 Å². The largest absolute Gasteiger partial charge is 0.457 e. The fourth-order valence-electron chi connectivity index (χ4n) is 4.55. The van der Waals surface area contributed by atoms with Crippen molar-refractivity contribution in [3.63, 3.8) is 0 Å². The maximum atomic E-state index is 14.2. The maximum absolute atomic E-state index is 14.2. The summed E-state index contributed by atoms with van der Waals surface area (Å²) in [6.07, 6.45) is 0.727. The van der Waals surface area contributed by atoms with Crippen molar-refractivity contribution in [1.29, 1.82) is 0 Å². The average molecular weight is 693 g/mol. The molecule has 4 aromatic rings. The molecule has 10 heteroatoms. The van der Waals surface area contributed by atoms with E-state index in [4.69, 9.17) is 4.74 Å². The lowest BCUT2D eigenvalue weighted by Crippen LogP contribution is -2.52. The minimum atomic E-state index is -4.18. The molecule has 0 aliphatic heterocycles. The molecular formula is C35H38BrN3O5S. The molecule has 0 aliphatic carbocycles. The number of para-hydroxylation sites is 1. The zero-order chi connectivity index (χ0) is 32.6. The highest BCUT2D eigenvalue weighted by Crippen LogP contribution is 2.29. The number of nitrogens with one attached hydrogen (secondary N) is 1. The van der Waals surface area contributed by atoms with Gasteiger partial charge >= 0.3 is 0 Å². The van der Waals surface area contributed by atoms with Crippen LogP contribution in [-0.2, 0) is 26.2 Å². The van der Waals surface area contributed by atoms with Crippen molar-refractivity contribution in [3.8, 4) is 11.5 Å². The summed E-state index contributed by atoms with van der Waals surface area (Å²) in [7, 11) is -4.18. The summed E-state index contributed by atoms with van der Waals surface area (Å²) < 4.78 is 36.0. The summed E-state index contributed by atoms with van der Waals surface area (Å²) in [5.41, 5.74) is 1.97. The Hall–Kier alpha value is -4.15.